The van der Waals surface area contributed by atoms with Crippen molar-refractivity contribution < 1.29 is 9.90 Å². The van der Waals surface area contributed by atoms with Crippen LogP contribution >= 0.6 is 11.6 Å². The van der Waals surface area contributed by atoms with Crippen molar-refractivity contribution in [3.63, 3.8) is 0 Å². The van der Waals surface area contributed by atoms with E-state index in [-0.39, 0.29) is 18.6 Å². The van der Waals surface area contributed by atoms with Gasteiger partial charge in [0, 0.05) is 25.3 Å². The summed E-state index contributed by atoms with van der Waals surface area (Å²) in [4.78, 5) is 14.4. The van der Waals surface area contributed by atoms with E-state index in [4.69, 9.17) is 16.7 Å². The lowest BCUT2D eigenvalue weighted by atomic mass is 9.91. The normalized spacial score (nSPS) is 15.3. The Hall–Kier alpha value is -1.00. The van der Waals surface area contributed by atoms with E-state index in [1.807, 2.05) is 4.57 Å². The van der Waals surface area contributed by atoms with Gasteiger partial charge in [-0.25, -0.2) is 0 Å². The van der Waals surface area contributed by atoms with Gasteiger partial charge >= 0.3 is 0 Å². The molecule has 0 spiro atoms. The highest BCUT2D eigenvalue weighted by Gasteiger charge is 2.30. The van der Waals surface area contributed by atoms with Crippen LogP contribution in [-0.4, -0.2) is 39.7 Å². The van der Waals surface area contributed by atoms with Crippen LogP contribution < -0.4 is 0 Å². The van der Waals surface area contributed by atoms with E-state index in [0.29, 0.717) is 17.3 Å². The van der Waals surface area contributed by atoms with E-state index in [1.54, 1.807) is 17.2 Å². The predicted molar refractivity (Wildman–Crippen MR) is 75.5 cm³/mol. The summed E-state index contributed by atoms with van der Waals surface area (Å²) in [6.07, 6.45) is 5.99. The van der Waals surface area contributed by atoms with Crippen LogP contribution in [-0.2, 0) is 6.54 Å². The highest BCUT2D eigenvalue weighted by molar-refractivity contribution is 6.31. The molecule has 4 nitrogen and oxygen atoms in total. The maximum absolute atomic E-state index is 12.6. The fraction of sp³-hybridized carbons (Fsp3) is 0.643. The minimum Gasteiger partial charge on any atom is -0.395 e. The zero-order valence-electron chi connectivity index (χ0n) is 11.3. The molecule has 1 fully saturated rings. The monoisotopic (exact) mass is 284 g/mol. The zero-order chi connectivity index (χ0) is 13.8. The fourth-order valence-corrected chi connectivity index (χ4v) is 2.70. The molecule has 19 heavy (non-hydrogen) atoms. The van der Waals surface area contributed by atoms with Gasteiger partial charge in [-0.3, -0.25) is 4.79 Å². The average Bonchev–Trinajstić information content (AvgIpc) is 2.67. The summed E-state index contributed by atoms with van der Waals surface area (Å²) >= 11 is 6.01. The SMILES string of the molecule is CCCn1cc(Cl)cc1C(=O)N(CCO)C1CCC1. The molecule has 1 amide bonds. The lowest BCUT2D eigenvalue weighted by Gasteiger charge is -2.37. The molecule has 0 atom stereocenters. The van der Waals surface area contributed by atoms with Gasteiger partial charge in [0.25, 0.3) is 5.91 Å². The lowest BCUT2D eigenvalue weighted by molar-refractivity contribution is 0.0515. The van der Waals surface area contributed by atoms with Crippen molar-refractivity contribution in [2.75, 3.05) is 13.2 Å². The topological polar surface area (TPSA) is 45.5 Å². The Bertz CT molecular complexity index is 441. The second kappa shape index (κ2) is 6.44. The minimum atomic E-state index is -0.0147. The summed E-state index contributed by atoms with van der Waals surface area (Å²) in [5.74, 6) is -0.0147. The first-order valence-corrected chi connectivity index (χ1v) is 7.32. The number of nitrogens with zero attached hydrogens (tertiary/aromatic N) is 2. The number of aromatic nitrogens is 1. The highest BCUT2D eigenvalue weighted by Crippen LogP contribution is 2.27. The molecule has 1 heterocycles. The second-order valence-electron chi connectivity index (χ2n) is 5.04. The number of halogens is 1. The maximum Gasteiger partial charge on any atom is 0.270 e. The molecule has 1 aromatic rings. The molecule has 1 saturated carbocycles. The molecule has 0 bridgehead atoms. The molecule has 0 unspecified atom stereocenters. The largest absolute Gasteiger partial charge is 0.395 e. The highest BCUT2D eigenvalue weighted by atomic mass is 35.5. The van der Waals surface area contributed by atoms with E-state index < -0.39 is 0 Å². The Kier molecular flexibility index (Phi) is 4.88. The van der Waals surface area contributed by atoms with Gasteiger partial charge in [-0.1, -0.05) is 18.5 Å². The van der Waals surface area contributed by atoms with Crippen molar-refractivity contribution in [2.45, 2.75) is 45.2 Å². The van der Waals surface area contributed by atoms with Crippen LogP contribution in [0.3, 0.4) is 0 Å². The van der Waals surface area contributed by atoms with Crippen molar-refractivity contribution in [1.29, 1.82) is 0 Å². The molecular weight excluding hydrogens is 264 g/mol. The Morgan fingerprint density at radius 2 is 2.32 bits per heavy atom. The summed E-state index contributed by atoms with van der Waals surface area (Å²) in [5, 5.41) is 9.74. The van der Waals surface area contributed by atoms with Gasteiger partial charge in [-0.05, 0) is 31.7 Å². The third-order valence-electron chi connectivity index (χ3n) is 3.66. The Labute approximate surface area is 119 Å². The van der Waals surface area contributed by atoms with Crippen LogP contribution in [0.25, 0.3) is 0 Å². The van der Waals surface area contributed by atoms with Gasteiger partial charge in [-0.15, -0.1) is 0 Å². The van der Waals surface area contributed by atoms with Gasteiger partial charge in [0.2, 0.25) is 0 Å². The van der Waals surface area contributed by atoms with Gasteiger partial charge < -0.3 is 14.6 Å². The van der Waals surface area contributed by atoms with Crippen LogP contribution in [0.15, 0.2) is 12.3 Å². The smallest absolute Gasteiger partial charge is 0.270 e. The average molecular weight is 285 g/mol. The number of aliphatic hydroxyl groups excluding tert-OH is 1. The molecule has 1 aliphatic rings. The standard InChI is InChI=1S/C14H21ClN2O2/c1-2-6-16-10-11(15)9-13(16)14(19)17(7-8-18)12-4-3-5-12/h9-10,12,18H,2-8H2,1H3. The maximum atomic E-state index is 12.6. The van der Waals surface area contributed by atoms with Crippen molar-refractivity contribution in [1.82, 2.24) is 9.47 Å². The predicted octanol–water partition coefficient (Wildman–Crippen LogP) is 2.54. The van der Waals surface area contributed by atoms with E-state index in [2.05, 4.69) is 6.92 Å². The van der Waals surface area contributed by atoms with E-state index in [9.17, 15) is 4.79 Å². The third kappa shape index (κ3) is 3.12. The minimum absolute atomic E-state index is 0.00442. The number of aryl methyl sites for hydroxylation is 1. The number of rotatable bonds is 6. The molecule has 1 aliphatic carbocycles. The molecule has 2 rings (SSSR count). The van der Waals surface area contributed by atoms with Gasteiger partial charge in [0.15, 0.2) is 0 Å². The van der Waals surface area contributed by atoms with Gasteiger partial charge in [0.1, 0.15) is 5.69 Å². The van der Waals surface area contributed by atoms with Crippen LogP contribution in [0, 0.1) is 0 Å². The van der Waals surface area contributed by atoms with Gasteiger partial charge in [-0.2, -0.15) is 0 Å². The molecule has 1 N–H and O–H groups in total. The summed E-state index contributed by atoms with van der Waals surface area (Å²) in [5.41, 5.74) is 0.632. The van der Waals surface area contributed by atoms with E-state index >= 15 is 0 Å². The quantitative estimate of drug-likeness (QED) is 0.872. The molecular formula is C14H21ClN2O2. The first kappa shape index (κ1) is 14.4. The van der Waals surface area contributed by atoms with Crippen LogP contribution in [0.2, 0.25) is 5.02 Å². The Morgan fingerprint density at radius 3 is 2.84 bits per heavy atom. The molecule has 5 heteroatoms. The van der Waals surface area contributed by atoms with Gasteiger partial charge in [0.05, 0.1) is 11.6 Å². The summed E-state index contributed by atoms with van der Waals surface area (Å²) in [7, 11) is 0. The number of amides is 1. The van der Waals surface area contributed by atoms with Crippen molar-refractivity contribution >= 4 is 17.5 Å². The van der Waals surface area contributed by atoms with Crippen LogP contribution in [0.5, 0.6) is 0 Å². The number of hydrogen-bond acceptors (Lipinski definition) is 2. The summed E-state index contributed by atoms with van der Waals surface area (Å²) < 4.78 is 1.91. The molecule has 0 aromatic carbocycles. The first-order chi connectivity index (χ1) is 9.17. The Morgan fingerprint density at radius 1 is 1.58 bits per heavy atom. The van der Waals surface area contributed by atoms with Crippen LogP contribution in [0.4, 0.5) is 0 Å². The molecule has 0 aliphatic heterocycles. The van der Waals surface area contributed by atoms with Crippen molar-refractivity contribution in [3.05, 3.63) is 23.0 Å². The summed E-state index contributed by atoms with van der Waals surface area (Å²) in [6, 6.07) is 2.01. The van der Waals surface area contributed by atoms with E-state index in [0.717, 1.165) is 32.2 Å². The zero-order valence-corrected chi connectivity index (χ0v) is 12.1. The van der Waals surface area contributed by atoms with Crippen LogP contribution in [0.1, 0.15) is 43.1 Å². The molecule has 1 aromatic heterocycles. The fourth-order valence-electron chi connectivity index (χ4n) is 2.48. The summed E-state index contributed by atoms with van der Waals surface area (Å²) in [6.45, 7) is 3.26. The number of carbonyl (C=O) groups is 1. The Balaban J connectivity index is 2.20. The first-order valence-electron chi connectivity index (χ1n) is 6.95. The lowest BCUT2D eigenvalue weighted by Crippen LogP contribution is -2.46. The number of carbonyl (C=O) groups excluding carboxylic acids is 1. The van der Waals surface area contributed by atoms with E-state index in [1.165, 1.54) is 0 Å². The number of aliphatic hydroxyl groups is 1. The second-order valence-corrected chi connectivity index (χ2v) is 5.48. The van der Waals surface area contributed by atoms with Crippen molar-refractivity contribution in [3.8, 4) is 0 Å². The van der Waals surface area contributed by atoms with Crippen molar-refractivity contribution in [2.24, 2.45) is 0 Å². The molecule has 0 saturated heterocycles. The molecule has 106 valence electrons. The third-order valence-corrected chi connectivity index (χ3v) is 3.87. The number of hydrogen-bond donors (Lipinski definition) is 1. The molecule has 0 radical (unpaired) electrons.